The molecule has 4 aromatic rings. The van der Waals surface area contributed by atoms with Crippen LogP contribution in [0, 0.1) is 6.92 Å². The van der Waals surface area contributed by atoms with Crippen molar-refractivity contribution in [1.82, 2.24) is 30.0 Å². The van der Waals surface area contributed by atoms with Gasteiger partial charge >= 0.3 is 0 Å². The monoisotopic (exact) mass is 446 g/mol. The SMILES string of the molecule is COc1nn(C)cc1Nc1ncc(C)c(-c2c[nH]c3c(NC(=O)[C@@H]4CCCN4)cccc23)n1. The zero-order chi connectivity index (χ0) is 22.9. The average molecular weight is 447 g/mol. The number of para-hydroxylation sites is 1. The van der Waals surface area contributed by atoms with Crippen molar-refractivity contribution in [2.75, 3.05) is 24.3 Å². The van der Waals surface area contributed by atoms with Crippen molar-refractivity contribution < 1.29 is 9.53 Å². The number of methoxy groups -OCH3 is 1. The molecule has 1 amide bonds. The summed E-state index contributed by atoms with van der Waals surface area (Å²) in [6.07, 6.45) is 7.38. The standard InChI is InChI=1S/C23H26N8O2/c1-13-10-26-23(28-18-12-31(2)30-22(18)33-3)29-19(13)15-11-25-20-14(15)6-4-7-16(20)27-21(32)17-8-5-9-24-17/h4,6-7,10-12,17,24-25H,5,8-9H2,1-3H3,(H,27,32)(H,26,28,29)/t17-/m0/s1. The molecule has 0 aliphatic carbocycles. The number of hydrogen-bond donors (Lipinski definition) is 4. The zero-order valence-corrected chi connectivity index (χ0v) is 18.8. The molecule has 4 heterocycles. The molecule has 5 rings (SSSR count). The minimum Gasteiger partial charge on any atom is -0.478 e. The quantitative estimate of drug-likeness (QED) is 0.359. The third kappa shape index (κ3) is 4.00. The highest BCUT2D eigenvalue weighted by Gasteiger charge is 2.23. The molecule has 10 heteroatoms. The van der Waals surface area contributed by atoms with E-state index in [2.05, 4.69) is 31.0 Å². The van der Waals surface area contributed by atoms with Crippen LogP contribution in [-0.4, -0.2) is 50.3 Å². The Bertz CT molecular complexity index is 1320. The van der Waals surface area contributed by atoms with Crippen molar-refractivity contribution in [2.24, 2.45) is 7.05 Å². The first-order valence-corrected chi connectivity index (χ1v) is 10.9. The fourth-order valence-corrected chi connectivity index (χ4v) is 4.18. The third-order valence-electron chi connectivity index (χ3n) is 5.81. The van der Waals surface area contributed by atoms with Crippen LogP contribution < -0.4 is 20.7 Å². The van der Waals surface area contributed by atoms with Crippen molar-refractivity contribution in [2.45, 2.75) is 25.8 Å². The smallest absolute Gasteiger partial charge is 0.256 e. The number of hydrogen-bond acceptors (Lipinski definition) is 7. The summed E-state index contributed by atoms with van der Waals surface area (Å²) in [7, 11) is 3.39. The number of H-pyrrole nitrogens is 1. The maximum Gasteiger partial charge on any atom is 0.256 e. The lowest BCUT2D eigenvalue weighted by molar-refractivity contribution is -0.117. The minimum absolute atomic E-state index is 0.00808. The summed E-state index contributed by atoms with van der Waals surface area (Å²) >= 11 is 0. The second kappa shape index (κ2) is 8.55. The molecule has 1 aliphatic heterocycles. The molecule has 1 aliphatic rings. The lowest BCUT2D eigenvalue weighted by Gasteiger charge is -2.12. The predicted octanol–water partition coefficient (Wildman–Crippen LogP) is 3.11. The van der Waals surface area contributed by atoms with Crippen LogP contribution in [0.1, 0.15) is 18.4 Å². The molecule has 1 fully saturated rings. The lowest BCUT2D eigenvalue weighted by Crippen LogP contribution is -2.35. The van der Waals surface area contributed by atoms with Crippen LogP contribution in [-0.2, 0) is 11.8 Å². The number of nitrogens with zero attached hydrogens (tertiary/aromatic N) is 4. The number of aromatic nitrogens is 5. The van der Waals surface area contributed by atoms with E-state index in [1.165, 1.54) is 0 Å². The van der Waals surface area contributed by atoms with Crippen LogP contribution in [0.15, 0.2) is 36.8 Å². The van der Waals surface area contributed by atoms with Crippen molar-refractivity contribution in [3.63, 3.8) is 0 Å². The number of nitrogens with one attached hydrogen (secondary N) is 4. The Hall–Kier alpha value is -3.92. The largest absolute Gasteiger partial charge is 0.478 e. The number of anilines is 3. The highest BCUT2D eigenvalue weighted by molar-refractivity contribution is 6.06. The Morgan fingerprint density at radius 1 is 1.30 bits per heavy atom. The number of carbonyl (C=O) groups excluding carboxylic acids is 1. The maximum absolute atomic E-state index is 12.6. The van der Waals surface area contributed by atoms with Gasteiger partial charge in [-0.2, -0.15) is 0 Å². The lowest BCUT2D eigenvalue weighted by atomic mass is 10.1. The first-order chi connectivity index (χ1) is 16.0. The molecule has 170 valence electrons. The summed E-state index contributed by atoms with van der Waals surface area (Å²) in [4.78, 5) is 25.1. The van der Waals surface area contributed by atoms with Gasteiger partial charge in [-0.15, -0.1) is 5.10 Å². The molecule has 33 heavy (non-hydrogen) atoms. The normalized spacial score (nSPS) is 15.7. The van der Waals surface area contributed by atoms with Gasteiger partial charge in [0.2, 0.25) is 11.9 Å². The topological polar surface area (TPSA) is 122 Å². The van der Waals surface area contributed by atoms with E-state index in [1.807, 2.05) is 44.6 Å². The average Bonchev–Trinajstić information content (AvgIpc) is 3.55. The van der Waals surface area contributed by atoms with Gasteiger partial charge in [0.1, 0.15) is 5.69 Å². The van der Waals surface area contributed by atoms with Gasteiger partial charge in [0.15, 0.2) is 0 Å². The fraction of sp³-hybridized carbons (Fsp3) is 0.304. The van der Waals surface area contributed by atoms with Gasteiger partial charge in [0.05, 0.1) is 36.2 Å². The van der Waals surface area contributed by atoms with E-state index < -0.39 is 0 Å². The van der Waals surface area contributed by atoms with E-state index in [0.717, 1.165) is 52.8 Å². The van der Waals surface area contributed by atoms with Crippen molar-refractivity contribution in [1.29, 1.82) is 0 Å². The number of benzene rings is 1. The van der Waals surface area contributed by atoms with Gasteiger partial charge in [-0.05, 0) is 37.9 Å². The van der Waals surface area contributed by atoms with Crippen LogP contribution in [0.4, 0.5) is 17.3 Å². The summed E-state index contributed by atoms with van der Waals surface area (Å²) in [5.74, 6) is 0.895. The Kier molecular flexibility index (Phi) is 5.43. The molecule has 0 spiro atoms. The van der Waals surface area contributed by atoms with Crippen LogP contribution >= 0.6 is 0 Å². The van der Waals surface area contributed by atoms with E-state index in [9.17, 15) is 4.79 Å². The number of ether oxygens (including phenoxy) is 1. The van der Waals surface area contributed by atoms with Crippen LogP contribution in [0.5, 0.6) is 5.88 Å². The van der Waals surface area contributed by atoms with Crippen molar-refractivity contribution in [3.8, 4) is 17.1 Å². The number of carbonyl (C=O) groups is 1. The molecule has 0 radical (unpaired) electrons. The molecular formula is C23H26N8O2. The molecular weight excluding hydrogens is 420 g/mol. The first-order valence-electron chi connectivity index (χ1n) is 10.9. The molecule has 0 bridgehead atoms. The highest BCUT2D eigenvalue weighted by Crippen LogP contribution is 2.34. The predicted molar refractivity (Wildman–Crippen MR) is 127 cm³/mol. The Morgan fingerprint density at radius 2 is 2.18 bits per heavy atom. The molecule has 1 atom stereocenters. The van der Waals surface area contributed by atoms with Crippen molar-refractivity contribution >= 4 is 34.1 Å². The molecule has 1 saturated heterocycles. The first kappa shape index (κ1) is 21.0. The summed E-state index contributed by atoms with van der Waals surface area (Å²) < 4.78 is 6.97. The van der Waals surface area contributed by atoms with Gasteiger partial charge in [-0.25, -0.2) is 9.97 Å². The Labute approximate surface area is 190 Å². The molecule has 0 saturated carbocycles. The highest BCUT2D eigenvalue weighted by atomic mass is 16.5. The molecule has 4 N–H and O–H groups in total. The number of aromatic amines is 1. The summed E-state index contributed by atoms with van der Waals surface area (Å²) in [5.41, 5.74) is 4.95. The summed E-state index contributed by atoms with van der Waals surface area (Å²) in [6, 6.07) is 5.72. The van der Waals surface area contributed by atoms with Crippen molar-refractivity contribution in [3.05, 3.63) is 42.4 Å². The number of aryl methyl sites for hydroxylation is 2. The van der Waals surface area contributed by atoms with E-state index in [4.69, 9.17) is 9.72 Å². The van der Waals surface area contributed by atoms with E-state index >= 15 is 0 Å². The van der Waals surface area contributed by atoms with Gasteiger partial charge in [0.25, 0.3) is 5.88 Å². The van der Waals surface area contributed by atoms with Crippen LogP contribution in [0.2, 0.25) is 0 Å². The molecule has 1 aromatic carbocycles. The third-order valence-corrected chi connectivity index (χ3v) is 5.81. The molecule has 10 nitrogen and oxygen atoms in total. The minimum atomic E-state index is -0.142. The summed E-state index contributed by atoms with van der Waals surface area (Å²) in [5, 5.41) is 14.7. The van der Waals surface area contributed by atoms with Gasteiger partial charge in [0, 0.05) is 30.4 Å². The van der Waals surface area contributed by atoms with Crippen LogP contribution in [0.3, 0.4) is 0 Å². The maximum atomic E-state index is 12.6. The molecule has 3 aromatic heterocycles. The fourth-order valence-electron chi connectivity index (χ4n) is 4.18. The van der Waals surface area contributed by atoms with Gasteiger partial charge < -0.3 is 25.7 Å². The second-order valence-electron chi connectivity index (χ2n) is 8.14. The van der Waals surface area contributed by atoms with Gasteiger partial charge in [-0.3, -0.25) is 9.48 Å². The van der Waals surface area contributed by atoms with Gasteiger partial charge in [-0.1, -0.05) is 12.1 Å². The zero-order valence-electron chi connectivity index (χ0n) is 18.8. The van der Waals surface area contributed by atoms with E-state index in [1.54, 1.807) is 18.0 Å². The van der Waals surface area contributed by atoms with E-state index in [-0.39, 0.29) is 11.9 Å². The Morgan fingerprint density at radius 3 is 2.97 bits per heavy atom. The number of rotatable bonds is 6. The summed E-state index contributed by atoms with van der Waals surface area (Å²) in [6.45, 7) is 2.85. The number of amides is 1. The Balaban J connectivity index is 1.47. The van der Waals surface area contributed by atoms with Crippen LogP contribution in [0.25, 0.3) is 22.2 Å². The molecule has 0 unspecified atom stereocenters. The number of fused-ring (bicyclic) bond motifs is 1. The van der Waals surface area contributed by atoms with E-state index in [0.29, 0.717) is 17.5 Å². The second-order valence-corrected chi connectivity index (χ2v) is 8.14.